The lowest BCUT2D eigenvalue weighted by Crippen LogP contribution is -2.15. The average molecular weight is 435 g/mol. The normalized spacial score (nSPS) is 10.7. The molecule has 0 aliphatic carbocycles. The smallest absolute Gasteiger partial charge is 0.255 e. The molecule has 0 aromatic heterocycles. The zero-order valence-electron chi connectivity index (χ0n) is 17.6. The number of carbonyl (C=O) groups is 2. The largest absolute Gasteiger partial charge is 0.399 e. The van der Waals surface area contributed by atoms with Gasteiger partial charge in [0.05, 0.1) is 0 Å². The first kappa shape index (κ1) is 22.4. The second-order valence-corrected chi connectivity index (χ2v) is 8.01. The van der Waals surface area contributed by atoms with Gasteiger partial charge in [0.15, 0.2) is 0 Å². The molecule has 0 aliphatic heterocycles. The second kappa shape index (κ2) is 10.7. The molecule has 0 saturated heterocycles. The molecular weight excluding hydrogens is 408 g/mol. The Morgan fingerprint density at radius 3 is 2.00 bits per heavy atom. The van der Waals surface area contributed by atoms with Crippen molar-refractivity contribution in [1.82, 2.24) is 4.31 Å². The number of amides is 2. The average Bonchev–Trinajstić information content (AvgIpc) is 2.78. The molecule has 0 unspecified atom stereocenters. The van der Waals surface area contributed by atoms with Crippen molar-refractivity contribution in [1.29, 1.82) is 0 Å². The molecule has 0 saturated carbocycles. The number of nitrogens with two attached hydrogens (primary N) is 1. The van der Waals surface area contributed by atoms with Gasteiger partial charge in [-0.2, -0.15) is 0 Å². The maximum Gasteiger partial charge on any atom is 0.255 e. The summed E-state index contributed by atoms with van der Waals surface area (Å²) in [4.78, 5) is 26.2. The summed E-state index contributed by atoms with van der Waals surface area (Å²) < 4.78 is 2.21. The number of hydrogen-bond acceptors (Lipinski definition) is 5. The molecule has 7 heteroatoms. The predicted molar refractivity (Wildman–Crippen MR) is 128 cm³/mol. The Balaban J connectivity index is 1.67. The fraction of sp³-hybridized carbons (Fsp3) is 0.167. The van der Waals surface area contributed by atoms with E-state index in [9.17, 15) is 9.59 Å². The molecule has 0 spiro atoms. The van der Waals surface area contributed by atoms with Gasteiger partial charge in [0.1, 0.15) is 0 Å². The van der Waals surface area contributed by atoms with Gasteiger partial charge in [-0.25, -0.2) is 4.31 Å². The molecule has 3 aromatic carbocycles. The van der Waals surface area contributed by atoms with E-state index in [1.54, 1.807) is 66.5 Å². The summed E-state index contributed by atoms with van der Waals surface area (Å²) in [6.45, 7) is 6.05. The zero-order chi connectivity index (χ0) is 22.2. The van der Waals surface area contributed by atoms with Crippen molar-refractivity contribution >= 4 is 40.8 Å². The highest BCUT2D eigenvalue weighted by molar-refractivity contribution is 7.97. The minimum absolute atomic E-state index is 0.205. The van der Waals surface area contributed by atoms with Crippen LogP contribution in [0.4, 0.5) is 17.1 Å². The highest BCUT2D eigenvalue weighted by Crippen LogP contribution is 2.24. The van der Waals surface area contributed by atoms with Gasteiger partial charge < -0.3 is 16.4 Å². The van der Waals surface area contributed by atoms with Crippen LogP contribution < -0.4 is 16.4 Å². The van der Waals surface area contributed by atoms with Crippen LogP contribution in [0.2, 0.25) is 0 Å². The number of nitrogens with one attached hydrogen (secondary N) is 2. The van der Waals surface area contributed by atoms with Gasteiger partial charge in [-0.3, -0.25) is 9.59 Å². The number of rotatable bonds is 8. The molecule has 0 aliphatic rings. The van der Waals surface area contributed by atoms with Crippen molar-refractivity contribution in [3.05, 3.63) is 83.9 Å². The summed E-state index contributed by atoms with van der Waals surface area (Å²) >= 11 is 1.63. The van der Waals surface area contributed by atoms with Crippen LogP contribution in [0.25, 0.3) is 0 Å². The minimum atomic E-state index is -0.246. The van der Waals surface area contributed by atoms with Gasteiger partial charge in [0, 0.05) is 46.2 Å². The van der Waals surface area contributed by atoms with Crippen LogP contribution in [0.1, 0.15) is 34.6 Å². The van der Waals surface area contributed by atoms with Crippen molar-refractivity contribution in [2.24, 2.45) is 0 Å². The Bertz CT molecular complexity index is 1050. The van der Waals surface area contributed by atoms with Crippen molar-refractivity contribution in [2.45, 2.75) is 18.7 Å². The maximum absolute atomic E-state index is 12.7. The van der Waals surface area contributed by atoms with Crippen LogP contribution in [0.5, 0.6) is 0 Å². The van der Waals surface area contributed by atoms with Crippen LogP contribution >= 0.6 is 11.9 Å². The summed E-state index contributed by atoms with van der Waals surface area (Å²) in [6.07, 6.45) is 0. The predicted octanol–water partition coefficient (Wildman–Crippen LogP) is 5.12. The first-order chi connectivity index (χ1) is 15.0. The number of benzene rings is 3. The van der Waals surface area contributed by atoms with Gasteiger partial charge in [-0.15, -0.1) is 0 Å². The Kier molecular flexibility index (Phi) is 7.70. The lowest BCUT2D eigenvalue weighted by Gasteiger charge is -2.16. The van der Waals surface area contributed by atoms with Crippen molar-refractivity contribution in [2.75, 3.05) is 29.5 Å². The monoisotopic (exact) mass is 434 g/mol. The van der Waals surface area contributed by atoms with E-state index in [4.69, 9.17) is 5.73 Å². The summed E-state index contributed by atoms with van der Waals surface area (Å²) in [5.74, 6) is -0.450. The van der Waals surface area contributed by atoms with E-state index in [2.05, 4.69) is 28.8 Å². The molecule has 31 heavy (non-hydrogen) atoms. The number of hydrogen-bond donors (Lipinski definition) is 3. The van der Waals surface area contributed by atoms with Crippen LogP contribution in [-0.4, -0.2) is 29.2 Å². The van der Waals surface area contributed by atoms with Crippen LogP contribution in [-0.2, 0) is 0 Å². The number of nitrogens with zero attached hydrogens (tertiary/aromatic N) is 1. The fourth-order valence-electron chi connectivity index (χ4n) is 2.91. The number of anilines is 3. The summed E-state index contributed by atoms with van der Waals surface area (Å²) in [7, 11) is 0. The summed E-state index contributed by atoms with van der Waals surface area (Å²) in [5, 5.41) is 5.73. The fourth-order valence-corrected chi connectivity index (χ4v) is 3.79. The molecule has 0 heterocycles. The first-order valence-electron chi connectivity index (χ1n) is 10.1. The van der Waals surface area contributed by atoms with Gasteiger partial charge >= 0.3 is 0 Å². The molecule has 160 valence electrons. The van der Waals surface area contributed by atoms with Crippen LogP contribution in [0.15, 0.2) is 77.7 Å². The molecule has 4 N–H and O–H groups in total. The maximum atomic E-state index is 12.7. The van der Waals surface area contributed by atoms with E-state index in [1.807, 2.05) is 18.2 Å². The molecular formula is C24H26N4O2S. The lowest BCUT2D eigenvalue weighted by atomic mass is 10.2. The summed E-state index contributed by atoms with van der Waals surface area (Å²) in [6, 6.07) is 21.3. The Morgan fingerprint density at radius 1 is 0.806 bits per heavy atom. The zero-order valence-corrected chi connectivity index (χ0v) is 18.4. The third kappa shape index (κ3) is 6.34. The molecule has 0 atom stereocenters. The highest BCUT2D eigenvalue weighted by Gasteiger charge is 2.10. The molecule has 0 bridgehead atoms. The molecule has 0 radical (unpaired) electrons. The minimum Gasteiger partial charge on any atom is -0.399 e. The van der Waals surface area contributed by atoms with Crippen LogP contribution in [0, 0.1) is 0 Å². The third-order valence-electron chi connectivity index (χ3n) is 4.59. The van der Waals surface area contributed by atoms with E-state index in [-0.39, 0.29) is 11.8 Å². The van der Waals surface area contributed by atoms with Crippen LogP contribution in [0.3, 0.4) is 0 Å². The molecule has 6 nitrogen and oxygen atoms in total. The standard InChI is InChI=1S/C24H26N4O2S/c1-3-28(4-2)31-22-10-5-7-18(15-22)24(30)27-21-9-6-8-20(16-21)26-23(29)17-11-13-19(25)14-12-17/h5-16H,3-4,25H2,1-2H3,(H,26,29)(H,27,30). The topological polar surface area (TPSA) is 87.5 Å². The van der Waals surface area contributed by atoms with E-state index in [0.29, 0.717) is 28.2 Å². The van der Waals surface area contributed by atoms with E-state index in [1.165, 1.54) is 0 Å². The van der Waals surface area contributed by atoms with Gasteiger partial charge in [-0.05, 0) is 72.6 Å². The molecule has 0 fully saturated rings. The molecule has 3 rings (SSSR count). The molecule has 3 aromatic rings. The SMILES string of the molecule is CCN(CC)Sc1cccc(C(=O)Nc2cccc(NC(=O)c3ccc(N)cc3)c2)c1. The number of carbonyl (C=O) groups excluding carboxylic acids is 2. The second-order valence-electron chi connectivity index (χ2n) is 6.84. The lowest BCUT2D eigenvalue weighted by molar-refractivity contribution is 0.101. The van der Waals surface area contributed by atoms with Crippen molar-refractivity contribution < 1.29 is 9.59 Å². The Labute approximate surface area is 187 Å². The van der Waals surface area contributed by atoms with E-state index < -0.39 is 0 Å². The van der Waals surface area contributed by atoms with Gasteiger partial charge in [-0.1, -0.05) is 26.0 Å². The summed E-state index contributed by atoms with van der Waals surface area (Å²) in [5.41, 5.74) is 8.53. The van der Waals surface area contributed by atoms with E-state index in [0.717, 1.165) is 18.0 Å². The first-order valence-corrected chi connectivity index (χ1v) is 10.9. The van der Waals surface area contributed by atoms with Gasteiger partial charge in [0.25, 0.3) is 11.8 Å². The molecule has 2 amide bonds. The van der Waals surface area contributed by atoms with E-state index >= 15 is 0 Å². The highest BCUT2D eigenvalue weighted by atomic mass is 32.2. The Hall–Kier alpha value is -3.29. The quantitative estimate of drug-likeness (QED) is 0.338. The Morgan fingerprint density at radius 2 is 1.39 bits per heavy atom. The van der Waals surface area contributed by atoms with Crippen molar-refractivity contribution in [3.63, 3.8) is 0 Å². The third-order valence-corrected chi connectivity index (χ3v) is 5.83. The van der Waals surface area contributed by atoms with Gasteiger partial charge in [0.2, 0.25) is 0 Å². The van der Waals surface area contributed by atoms with Crippen molar-refractivity contribution in [3.8, 4) is 0 Å². The number of nitrogen functional groups attached to an aromatic ring is 1.